The molecule has 7 atom stereocenters. The number of hydrogen-bond acceptors (Lipinski definition) is 2. The molecule has 0 saturated heterocycles. The van der Waals surface area contributed by atoms with Crippen LogP contribution >= 0.6 is 0 Å². The van der Waals surface area contributed by atoms with Gasteiger partial charge >= 0.3 is 0 Å². The van der Waals surface area contributed by atoms with Gasteiger partial charge in [0.2, 0.25) is 0 Å². The van der Waals surface area contributed by atoms with Crippen molar-refractivity contribution in [1.82, 2.24) is 0 Å². The molecule has 6 fully saturated rings. The van der Waals surface area contributed by atoms with Gasteiger partial charge in [-0.1, -0.05) is 41.5 Å². The molecule has 7 unspecified atom stereocenters. The lowest BCUT2D eigenvalue weighted by atomic mass is 9.37. The predicted octanol–water partition coefficient (Wildman–Crippen LogP) is 5.15. The highest BCUT2D eigenvalue weighted by Crippen LogP contribution is 2.68. The molecule has 6 saturated carbocycles. The number of fused-ring (bicyclic) bond motifs is 4. The van der Waals surface area contributed by atoms with E-state index < -0.39 is 0 Å². The first-order valence-corrected chi connectivity index (χ1v) is 10.0. The molecular weight excluding hydrogens is 296 g/mol. The van der Waals surface area contributed by atoms with Gasteiger partial charge in [-0.3, -0.25) is 0 Å². The van der Waals surface area contributed by atoms with E-state index >= 15 is 0 Å². The van der Waals surface area contributed by atoms with Gasteiger partial charge in [0.15, 0.2) is 0 Å². The highest BCUT2D eigenvalue weighted by atomic mass is 16.1. The molecule has 0 heterocycles. The second kappa shape index (κ2) is 5.68. The second-order valence-corrected chi connectivity index (χ2v) is 10.5. The van der Waals surface area contributed by atoms with Gasteiger partial charge < -0.3 is 9.59 Å². The Kier molecular flexibility index (Phi) is 4.29. The third-order valence-electron chi connectivity index (χ3n) is 9.43. The topological polar surface area (TPSA) is 34.1 Å². The van der Waals surface area contributed by atoms with Crippen molar-refractivity contribution in [1.29, 1.82) is 0 Å². The van der Waals surface area contributed by atoms with Crippen LogP contribution in [0, 0.1) is 51.8 Å². The zero-order chi connectivity index (χ0) is 17.9. The van der Waals surface area contributed by atoms with E-state index in [1.54, 1.807) is 0 Å². The third kappa shape index (κ3) is 2.20. The maximum absolute atomic E-state index is 11.1. The maximum atomic E-state index is 11.1. The highest BCUT2D eigenvalue weighted by molar-refractivity contribution is 5.64. The molecular formula is C22H36O2. The van der Waals surface area contributed by atoms with Crippen LogP contribution in [0.5, 0.6) is 0 Å². The van der Waals surface area contributed by atoms with E-state index in [-0.39, 0.29) is 10.8 Å². The van der Waals surface area contributed by atoms with E-state index in [1.165, 1.54) is 31.8 Å². The fourth-order valence-corrected chi connectivity index (χ4v) is 6.87. The van der Waals surface area contributed by atoms with Crippen molar-refractivity contribution in [3.8, 4) is 0 Å². The van der Waals surface area contributed by atoms with Gasteiger partial charge in [0.25, 0.3) is 0 Å². The van der Waals surface area contributed by atoms with Crippen molar-refractivity contribution in [3.63, 3.8) is 0 Å². The Morgan fingerprint density at radius 1 is 0.917 bits per heavy atom. The summed E-state index contributed by atoms with van der Waals surface area (Å²) in [7, 11) is 0. The lowest BCUT2D eigenvalue weighted by Gasteiger charge is -2.66. The lowest BCUT2D eigenvalue weighted by molar-refractivity contribution is -0.187. The summed E-state index contributed by atoms with van der Waals surface area (Å²) in [5.41, 5.74) is 0.848. The van der Waals surface area contributed by atoms with Crippen LogP contribution in [0.3, 0.4) is 0 Å². The van der Waals surface area contributed by atoms with E-state index in [0.29, 0.717) is 23.2 Å². The Hall–Kier alpha value is -0.660. The zero-order valence-corrected chi connectivity index (χ0v) is 16.5. The van der Waals surface area contributed by atoms with E-state index in [2.05, 4.69) is 41.5 Å². The van der Waals surface area contributed by atoms with Crippen molar-refractivity contribution in [3.05, 3.63) is 0 Å². The van der Waals surface area contributed by atoms with E-state index in [9.17, 15) is 9.59 Å². The van der Waals surface area contributed by atoms with Crippen LogP contribution in [0.2, 0.25) is 0 Å². The summed E-state index contributed by atoms with van der Waals surface area (Å²) in [6.45, 7) is 13.8. The first kappa shape index (κ1) is 18.1. The van der Waals surface area contributed by atoms with Crippen LogP contribution < -0.4 is 0 Å². The molecule has 0 spiro atoms. The SMILES string of the molecule is CC1C(C=O)CC2CC1C2(C)C.CC1CCC2CC1(C=O)C2(C)C. The summed E-state index contributed by atoms with van der Waals surface area (Å²) in [5.74, 6) is 4.05. The maximum Gasteiger partial charge on any atom is 0.126 e. The van der Waals surface area contributed by atoms with E-state index in [4.69, 9.17) is 0 Å². The molecule has 136 valence electrons. The first-order valence-electron chi connectivity index (χ1n) is 10.0. The van der Waals surface area contributed by atoms with Crippen LogP contribution in [0.4, 0.5) is 0 Å². The summed E-state index contributed by atoms with van der Waals surface area (Å²) in [6.07, 6.45) is 8.69. The molecule has 0 amide bonds. The molecule has 2 nitrogen and oxygen atoms in total. The zero-order valence-electron chi connectivity index (χ0n) is 16.5. The molecule has 0 aromatic heterocycles. The van der Waals surface area contributed by atoms with Gasteiger partial charge in [-0.15, -0.1) is 0 Å². The van der Waals surface area contributed by atoms with Gasteiger partial charge in [0.1, 0.15) is 12.6 Å². The molecule has 6 aliphatic rings. The Labute approximate surface area is 148 Å². The van der Waals surface area contributed by atoms with Gasteiger partial charge in [-0.05, 0) is 72.5 Å². The molecule has 0 aromatic rings. The van der Waals surface area contributed by atoms with Crippen molar-refractivity contribution in [2.45, 2.75) is 73.6 Å². The van der Waals surface area contributed by atoms with Crippen LogP contribution in [-0.2, 0) is 9.59 Å². The fraction of sp³-hybridized carbons (Fsp3) is 0.909. The Bertz CT molecular complexity index is 518. The Balaban J connectivity index is 0.000000141. The van der Waals surface area contributed by atoms with Crippen LogP contribution in [0.15, 0.2) is 0 Å². The van der Waals surface area contributed by atoms with Gasteiger partial charge in [0, 0.05) is 11.3 Å². The monoisotopic (exact) mass is 332 g/mol. The number of rotatable bonds is 2. The minimum absolute atomic E-state index is 0.0376. The van der Waals surface area contributed by atoms with E-state index in [1.807, 2.05) is 0 Å². The normalized spacial score (nSPS) is 49.6. The van der Waals surface area contributed by atoms with Crippen LogP contribution in [0.25, 0.3) is 0 Å². The fourth-order valence-electron chi connectivity index (χ4n) is 6.87. The Morgan fingerprint density at radius 2 is 1.58 bits per heavy atom. The average molecular weight is 333 g/mol. The van der Waals surface area contributed by atoms with Gasteiger partial charge in [-0.2, -0.15) is 0 Å². The lowest BCUT2D eigenvalue weighted by Crippen LogP contribution is -2.62. The third-order valence-corrected chi connectivity index (χ3v) is 9.43. The summed E-state index contributed by atoms with van der Waals surface area (Å²) in [5, 5.41) is 0. The molecule has 4 bridgehead atoms. The quantitative estimate of drug-likeness (QED) is 0.655. The van der Waals surface area contributed by atoms with E-state index in [0.717, 1.165) is 30.6 Å². The predicted molar refractivity (Wildman–Crippen MR) is 97.5 cm³/mol. The smallest absolute Gasteiger partial charge is 0.126 e. The van der Waals surface area contributed by atoms with Crippen molar-refractivity contribution in [2.24, 2.45) is 51.8 Å². The highest BCUT2D eigenvalue weighted by Gasteiger charge is 2.64. The van der Waals surface area contributed by atoms with Crippen LogP contribution in [-0.4, -0.2) is 12.6 Å². The van der Waals surface area contributed by atoms with Gasteiger partial charge in [-0.25, -0.2) is 0 Å². The minimum atomic E-state index is 0.0376. The molecule has 0 aliphatic heterocycles. The van der Waals surface area contributed by atoms with Crippen molar-refractivity contribution >= 4 is 12.6 Å². The average Bonchev–Trinajstić information content (AvgIpc) is 2.54. The van der Waals surface area contributed by atoms with Crippen molar-refractivity contribution < 1.29 is 9.59 Å². The number of carbonyl (C=O) groups excluding carboxylic acids is 2. The minimum Gasteiger partial charge on any atom is -0.303 e. The summed E-state index contributed by atoms with van der Waals surface area (Å²) < 4.78 is 0. The Morgan fingerprint density at radius 3 is 1.96 bits per heavy atom. The molecule has 6 rings (SSSR count). The number of aldehydes is 2. The summed E-state index contributed by atoms with van der Waals surface area (Å²) in [6, 6.07) is 0. The van der Waals surface area contributed by atoms with Crippen LogP contribution in [0.1, 0.15) is 73.6 Å². The summed E-state index contributed by atoms with van der Waals surface area (Å²) >= 11 is 0. The first-order chi connectivity index (χ1) is 11.1. The standard InChI is InChI=1S/2C11H18O/c1-7-8(6-12)4-9-5-10(7)11(9,2)3;1-8-4-5-9-6-11(8,7-12)10(9,2)3/h6-10H,4-5H2,1-3H3;7-9H,4-6H2,1-3H3. The van der Waals surface area contributed by atoms with Gasteiger partial charge in [0.05, 0.1) is 0 Å². The summed E-state index contributed by atoms with van der Waals surface area (Å²) in [4.78, 5) is 21.9. The van der Waals surface area contributed by atoms with Crippen molar-refractivity contribution in [2.75, 3.05) is 0 Å². The number of carbonyl (C=O) groups is 2. The molecule has 0 radical (unpaired) electrons. The molecule has 6 aliphatic carbocycles. The molecule has 24 heavy (non-hydrogen) atoms. The second-order valence-electron chi connectivity index (χ2n) is 10.5. The molecule has 0 N–H and O–H groups in total. The number of hydrogen-bond donors (Lipinski definition) is 0. The molecule has 2 heteroatoms. The molecule has 0 aromatic carbocycles. The largest absolute Gasteiger partial charge is 0.303 e.